The lowest BCUT2D eigenvalue weighted by Crippen LogP contribution is -2.23. The predicted molar refractivity (Wildman–Crippen MR) is 95.1 cm³/mol. The van der Waals surface area contributed by atoms with Gasteiger partial charge in [-0.25, -0.2) is 0 Å². The molecule has 0 atom stereocenters. The highest BCUT2D eigenvalue weighted by Gasteiger charge is 2.30. The molecule has 2 amide bonds. The van der Waals surface area contributed by atoms with Crippen LogP contribution in [0.2, 0.25) is 0 Å². The normalized spacial score (nSPS) is 13.0. The maximum atomic E-state index is 12.3. The molecule has 1 aliphatic rings. The second-order valence-electron chi connectivity index (χ2n) is 6.02. The molecule has 0 spiro atoms. The molecule has 0 radical (unpaired) electrons. The first-order valence-corrected chi connectivity index (χ1v) is 8.39. The molecule has 0 saturated heterocycles. The SMILES string of the molecule is COc1cc(CNC(=O)c2coc(NC(=O)C3CC3)n2)cc(OC)c1OC. The molecule has 144 valence electrons. The standard InChI is InChI=1S/C18H21N3O6/c1-24-13-6-10(7-14(25-2)15(13)26-3)8-19-17(23)12-9-27-18(20-12)21-16(22)11-4-5-11/h6-7,9,11H,4-5,8H2,1-3H3,(H,19,23)(H,20,21,22). The highest BCUT2D eigenvalue weighted by molar-refractivity contribution is 5.94. The number of methoxy groups -OCH3 is 3. The number of carbonyl (C=O) groups excluding carboxylic acids is 2. The smallest absolute Gasteiger partial charge is 0.302 e. The Morgan fingerprint density at radius 1 is 1.15 bits per heavy atom. The number of anilines is 1. The number of nitrogens with one attached hydrogen (secondary N) is 2. The zero-order chi connectivity index (χ0) is 19.4. The summed E-state index contributed by atoms with van der Waals surface area (Å²) in [7, 11) is 4.56. The van der Waals surface area contributed by atoms with E-state index in [-0.39, 0.29) is 30.1 Å². The molecule has 2 aromatic rings. The Bertz CT molecular complexity index is 818. The van der Waals surface area contributed by atoms with E-state index in [2.05, 4.69) is 15.6 Å². The van der Waals surface area contributed by atoms with Gasteiger partial charge in [0, 0.05) is 12.5 Å². The van der Waals surface area contributed by atoms with Crippen LogP contribution in [0.4, 0.5) is 6.01 Å². The Morgan fingerprint density at radius 3 is 2.37 bits per heavy atom. The molecule has 1 aromatic carbocycles. The number of ether oxygens (including phenoxy) is 3. The summed E-state index contributed by atoms with van der Waals surface area (Å²) in [6.07, 6.45) is 2.94. The molecule has 0 aliphatic heterocycles. The van der Waals surface area contributed by atoms with Gasteiger partial charge in [0.1, 0.15) is 6.26 Å². The van der Waals surface area contributed by atoms with Gasteiger partial charge in [0.25, 0.3) is 5.91 Å². The third kappa shape index (κ3) is 4.30. The number of benzene rings is 1. The summed E-state index contributed by atoms with van der Waals surface area (Å²) in [6.45, 7) is 0.214. The summed E-state index contributed by atoms with van der Waals surface area (Å²) in [5.74, 6) is 0.915. The Hall–Kier alpha value is -3.23. The Balaban J connectivity index is 1.63. The third-order valence-electron chi connectivity index (χ3n) is 4.09. The minimum absolute atomic E-state index is 0.0184. The van der Waals surface area contributed by atoms with E-state index in [9.17, 15) is 9.59 Å². The maximum Gasteiger partial charge on any atom is 0.302 e. The van der Waals surface area contributed by atoms with E-state index < -0.39 is 5.91 Å². The van der Waals surface area contributed by atoms with Crippen molar-refractivity contribution < 1.29 is 28.2 Å². The third-order valence-corrected chi connectivity index (χ3v) is 4.09. The van der Waals surface area contributed by atoms with E-state index in [0.717, 1.165) is 18.4 Å². The summed E-state index contributed by atoms with van der Waals surface area (Å²) in [5.41, 5.74) is 0.831. The first-order valence-electron chi connectivity index (χ1n) is 8.39. The number of hydrogen-bond donors (Lipinski definition) is 2. The number of amides is 2. The average molecular weight is 375 g/mol. The fourth-order valence-corrected chi connectivity index (χ4v) is 2.50. The summed E-state index contributed by atoms with van der Waals surface area (Å²) < 4.78 is 21.0. The fourth-order valence-electron chi connectivity index (χ4n) is 2.50. The molecule has 2 N–H and O–H groups in total. The van der Waals surface area contributed by atoms with Gasteiger partial charge in [0.2, 0.25) is 11.7 Å². The number of carbonyl (C=O) groups is 2. The van der Waals surface area contributed by atoms with Gasteiger partial charge < -0.3 is 23.9 Å². The van der Waals surface area contributed by atoms with Gasteiger partial charge >= 0.3 is 6.01 Å². The van der Waals surface area contributed by atoms with Crippen LogP contribution in [0.15, 0.2) is 22.8 Å². The highest BCUT2D eigenvalue weighted by Crippen LogP contribution is 2.38. The van der Waals surface area contributed by atoms with E-state index in [0.29, 0.717) is 17.2 Å². The van der Waals surface area contributed by atoms with Gasteiger partial charge in [-0.1, -0.05) is 0 Å². The van der Waals surface area contributed by atoms with Crippen LogP contribution in [0, 0.1) is 5.92 Å². The lowest BCUT2D eigenvalue weighted by Gasteiger charge is -2.14. The van der Waals surface area contributed by atoms with Crippen LogP contribution in [0.25, 0.3) is 0 Å². The molecule has 1 aromatic heterocycles. The molecular formula is C18H21N3O6. The van der Waals surface area contributed by atoms with Crippen molar-refractivity contribution in [3.63, 3.8) is 0 Å². The summed E-state index contributed by atoms with van der Waals surface area (Å²) in [5, 5.41) is 5.28. The van der Waals surface area contributed by atoms with E-state index >= 15 is 0 Å². The number of nitrogens with zero attached hydrogens (tertiary/aromatic N) is 1. The van der Waals surface area contributed by atoms with E-state index in [1.807, 2.05) is 0 Å². The van der Waals surface area contributed by atoms with E-state index in [4.69, 9.17) is 18.6 Å². The number of aromatic nitrogens is 1. The van der Waals surface area contributed by atoms with Gasteiger partial charge in [-0.05, 0) is 30.5 Å². The van der Waals surface area contributed by atoms with Crippen LogP contribution in [-0.4, -0.2) is 38.1 Å². The van der Waals surface area contributed by atoms with Crippen LogP contribution >= 0.6 is 0 Å². The second kappa shape index (κ2) is 7.98. The summed E-state index contributed by atoms with van der Waals surface area (Å²) >= 11 is 0. The average Bonchev–Trinajstić information content (AvgIpc) is 3.44. The number of hydrogen-bond acceptors (Lipinski definition) is 7. The number of oxazole rings is 1. The van der Waals surface area contributed by atoms with Crippen molar-refractivity contribution in [2.45, 2.75) is 19.4 Å². The summed E-state index contributed by atoms with van der Waals surface area (Å²) in [4.78, 5) is 27.9. The largest absolute Gasteiger partial charge is 0.493 e. The van der Waals surface area contributed by atoms with Crippen molar-refractivity contribution in [1.82, 2.24) is 10.3 Å². The van der Waals surface area contributed by atoms with Crippen LogP contribution in [-0.2, 0) is 11.3 Å². The highest BCUT2D eigenvalue weighted by atomic mass is 16.5. The zero-order valence-electron chi connectivity index (χ0n) is 15.3. The molecular weight excluding hydrogens is 354 g/mol. The van der Waals surface area contributed by atoms with Crippen molar-refractivity contribution in [2.75, 3.05) is 26.6 Å². The van der Waals surface area contributed by atoms with Crippen LogP contribution < -0.4 is 24.8 Å². The van der Waals surface area contributed by atoms with Gasteiger partial charge in [0.15, 0.2) is 17.2 Å². The van der Waals surface area contributed by atoms with Gasteiger partial charge in [-0.2, -0.15) is 4.98 Å². The minimum Gasteiger partial charge on any atom is -0.493 e. The number of rotatable bonds is 8. The second-order valence-corrected chi connectivity index (χ2v) is 6.02. The molecule has 1 heterocycles. The maximum absolute atomic E-state index is 12.3. The van der Waals surface area contributed by atoms with Crippen molar-refractivity contribution in [2.24, 2.45) is 5.92 Å². The lowest BCUT2D eigenvalue weighted by molar-refractivity contribution is -0.117. The molecule has 27 heavy (non-hydrogen) atoms. The van der Waals surface area contributed by atoms with Crippen LogP contribution in [0.5, 0.6) is 17.2 Å². The van der Waals surface area contributed by atoms with Crippen molar-refractivity contribution in [1.29, 1.82) is 0 Å². The van der Waals surface area contributed by atoms with E-state index in [1.54, 1.807) is 12.1 Å². The topological polar surface area (TPSA) is 112 Å². The van der Waals surface area contributed by atoms with Crippen molar-refractivity contribution in [3.8, 4) is 17.2 Å². The van der Waals surface area contributed by atoms with Gasteiger partial charge in [-0.3, -0.25) is 14.9 Å². The molecule has 9 nitrogen and oxygen atoms in total. The van der Waals surface area contributed by atoms with Crippen LogP contribution in [0.1, 0.15) is 28.9 Å². The first-order chi connectivity index (χ1) is 13.0. The van der Waals surface area contributed by atoms with Crippen LogP contribution in [0.3, 0.4) is 0 Å². The van der Waals surface area contributed by atoms with Gasteiger partial charge in [-0.15, -0.1) is 0 Å². The zero-order valence-corrected chi connectivity index (χ0v) is 15.3. The van der Waals surface area contributed by atoms with Gasteiger partial charge in [0.05, 0.1) is 21.3 Å². The molecule has 9 heteroatoms. The minimum atomic E-state index is -0.431. The first kappa shape index (κ1) is 18.6. The molecule has 0 unspecified atom stereocenters. The van der Waals surface area contributed by atoms with Crippen molar-refractivity contribution in [3.05, 3.63) is 29.7 Å². The molecule has 0 bridgehead atoms. The Kier molecular flexibility index (Phi) is 5.49. The molecule has 1 saturated carbocycles. The van der Waals surface area contributed by atoms with E-state index in [1.165, 1.54) is 27.6 Å². The summed E-state index contributed by atoms with van der Waals surface area (Å²) in [6, 6.07) is 3.50. The quantitative estimate of drug-likeness (QED) is 0.725. The monoisotopic (exact) mass is 375 g/mol. The fraction of sp³-hybridized carbons (Fsp3) is 0.389. The molecule has 1 aliphatic carbocycles. The predicted octanol–water partition coefficient (Wildman–Crippen LogP) is 1.98. The molecule has 3 rings (SSSR count). The van der Waals surface area contributed by atoms with Crippen molar-refractivity contribution >= 4 is 17.8 Å². The molecule has 1 fully saturated rings. The Morgan fingerprint density at radius 2 is 1.81 bits per heavy atom. The Labute approximate surface area is 156 Å². The lowest BCUT2D eigenvalue weighted by atomic mass is 10.1.